The number of amides is 2. The van der Waals surface area contributed by atoms with Gasteiger partial charge in [0, 0.05) is 24.1 Å². The predicted octanol–water partition coefficient (Wildman–Crippen LogP) is 2.45. The Morgan fingerprint density at radius 2 is 2.00 bits per heavy atom. The Kier molecular flexibility index (Phi) is 5.39. The Labute approximate surface area is 167 Å². The van der Waals surface area contributed by atoms with E-state index in [2.05, 4.69) is 20.2 Å². The third-order valence-electron chi connectivity index (χ3n) is 4.02. The summed E-state index contributed by atoms with van der Waals surface area (Å²) in [5.41, 5.74) is 0.307. The molecule has 11 heteroatoms. The van der Waals surface area contributed by atoms with Crippen LogP contribution in [-0.2, 0) is 19.6 Å². The Morgan fingerprint density at radius 1 is 1.25 bits per heavy atom. The van der Waals surface area contributed by atoms with Gasteiger partial charge in [0.1, 0.15) is 0 Å². The van der Waals surface area contributed by atoms with Crippen LogP contribution < -0.4 is 14.9 Å². The zero-order chi connectivity index (χ0) is 20.5. The average Bonchev–Trinajstić information content (AvgIpc) is 3.23. The normalized spacial score (nSPS) is 15.0. The highest BCUT2D eigenvalue weighted by Crippen LogP contribution is 2.27. The van der Waals surface area contributed by atoms with Crippen LogP contribution in [-0.4, -0.2) is 37.0 Å². The highest BCUT2D eigenvalue weighted by Gasteiger charge is 2.26. The molecule has 150 valence electrons. The van der Waals surface area contributed by atoms with E-state index in [0.717, 1.165) is 17.8 Å². The van der Waals surface area contributed by atoms with Gasteiger partial charge >= 0.3 is 0 Å². The fourth-order valence-electron chi connectivity index (χ4n) is 2.51. The highest BCUT2D eigenvalue weighted by molar-refractivity contribution is 7.94. The van der Waals surface area contributed by atoms with E-state index >= 15 is 0 Å². The number of hydrogen-bond donors (Lipinski definition) is 2. The molecular weight excluding hydrogens is 402 g/mol. The maximum atomic E-state index is 12.6. The first-order chi connectivity index (χ1) is 13.1. The topological polar surface area (TPSA) is 121 Å². The molecule has 1 aromatic heterocycles. The summed E-state index contributed by atoms with van der Waals surface area (Å²) in [5.74, 6) is -0.271. The van der Waals surface area contributed by atoms with Crippen molar-refractivity contribution in [3.8, 4) is 0 Å². The van der Waals surface area contributed by atoms with Crippen molar-refractivity contribution in [2.75, 3.05) is 21.5 Å². The van der Waals surface area contributed by atoms with Crippen LogP contribution in [0.1, 0.15) is 33.6 Å². The van der Waals surface area contributed by atoms with Crippen molar-refractivity contribution in [2.24, 2.45) is 5.41 Å². The lowest BCUT2D eigenvalue weighted by atomic mass is 9.96. The van der Waals surface area contributed by atoms with Gasteiger partial charge in [0.25, 0.3) is 14.4 Å². The first kappa shape index (κ1) is 20.2. The Hall–Kier alpha value is -2.53. The van der Waals surface area contributed by atoms with E-state index in [1.165, 1.54) is 0 Å². The summed E-state index contributed by atoms with van der Waals surface area (Å²) in [7, 11) is -3.98. The molecule has 0 radical (unpaired) electrons. The van der Waals surface area contributed by atoms with Gasteiger partial charge < -0.3 is 10.2 Å². The van der Waals surface area contributed by atoms with Crippen molar-refractivity contribution < 1.29 is 18.0 Å². The van der Waals surface area contributed by atoms with Crippen LogP contribution in [0.15, 0.2) is 28.6 Å². The van der Waals surface area contributed by atoms with Crippen molar-refractivity contribution in [2.45, 2.75) is 38.0 Å². The molecule has 9 nitrogen and oxygen atoms in total. The number of aromatic nitrogens is 2. The summed E-state index contributed by atoms with van der Waals surface area (Å²) < 4.78 is 27.4. The van der Waals surface area contributed by atoms with E-state index < -0.39 is 15.4 Å². The van der Waals surface area contributed by atoms with E-state index in [4.69, 9.17) is 0 Å². The fraction of sp³-hybridized carbons (Fsp3) is 0.412. The van der Waals surface area contributed by atoms with Crippen molar-refractivity contribution in [1.29, 1.82) is 0 Å². The minimum Gasteiger partial charge on any atom is -0.312 e. The molecule has 0 saturated carbocycles. The molecule has 1 aliphatic heterocycles. The van der Waals surface area contributed by atoms with E-state index in [0.29, 0.717) is 24.3 Å². The number of rotatable bonds is 5. The molecule has 0 spiro atoms. The number of hydrogen-bond acceptors (Lipinski definition) is 7. The summed E-state index contributed by atoms with van der Waals surface area (Å²) in [4.78, 5) is 25.5. The number of nitrogens with zero attached hydrogens (tertiary/aromatic N) is 3. The van der Waals surface area contributed by atoms with E-state index in [9.17, 15) is 18.0 Å². The summed E-state index contributed by atoms with van der Waals surface area (Å²) in [6, 6.07) is 6.62. The summed E-state index contributed by atoms with van der Waals surface area (Å²) >= 11 is 0.764. The number of sulfonamides is 1. The molecule has 1 saturated heterocycles. The molecule has 1 aromatic carbocycles. The standard InChI is InChI=1S/C17H21N5O4S2/c1-17(2,3)14(24)18-15-19-20-16(27-15)28(25,26)21-11-6-4-7-12(10-11)22-9-5-8-13(22)23/h4,6-7,10,21H,5,8-9H2,1-3H3,(H,18,19,24). The van der Waals surface area contributed by atoms with Gasteiger partial charge in [0.2, 0.25) is 16.9 Å². The van der Waals surface area contributed by atoms with Crippen LogP contribution in [0.25, 0.3) is 0 Å². The van der Waals surface area contributed by atoms with Gasteiger partial charge in [-0.15, -0.1) is 10.2 Å². The maximum absolute atomic E-state index is 12.6. The average molecular weight is 424 g/mol. The number of nitrogens with one attached hydrogen (secondary N) is 2. The third kappa shape index (κ3) is 4.47. The largest absolute Gasteiger partial charge is 0.312 e. The second kappa shape index (κ2) is 7.47. The van der Waals surface area contributed by atoms with Crippen molar-refractivity contribution in [1.82, 2.24) is 10.2 Å². The number of benzene rings is 1. The minimum atomic E-state index is -3.98. The molecule has 2 amide bonds. The van der Waals surface area contributed by atoms with Gasteiger partial charge in [-0.05, 0) is 24.6 Å². The second-order valence-corrected chi connectivity index (χ2v) is 10.2. The molecule has 2 N–H and O–H groups in total. The molecule has 1 aliphatic rings. The predicted molar refractivity (Wildman–Crippen MR) is 107 cm³/mol. The molecular formula is C17H21N5O4S2. The first-order valence-electron chi connectivity index (χ1n) is 8.64. The highest BCUT2D eigenvalue weighted by atomic mass is 32.2. The Morgan fingerprint density at radius 3 is 2.64 bits per heavy atom. The number of carbonyl (C=O) groups excluding carboxylic acids is 2. The molecule has 1 fully saturated rings. The molecule has 0 atom stereocenters. The van der Waals surface area contributed by atoms with Gasteiger partial charge in [0.05, 0.1) is 5.69 Å². The second-order valence-electron chi connectivity index (χ2n) is 7.38. The first-order valence-corrected chi connectivity index (χ1v) is 10.9. The van der Waals surface area contributed by atoms with Crippen molar-refractivity contribution in [3.63, 3.8) is 0 Å². The van der Waals surface area contributed by atoms with E-state index in [-0.39, 0.29) is 21.3 Å². The number of anilines is 3. The molecule has 0 unspecified atom stereocenters. The van der Waals surface area contributed by atoms with Crippen LogP contribution in [0.3, 0.4) is 0 Å². The SMILES string of the molecule is CC(C)(C)C(=O)Nc1nnc(S(=O)(=O)Nc2cccc(N3CCCC3=O)c2)s1. The zero-order valence-corrected chi connectivity index (χ0v) is 17.4. The lowest BCUT2D eigenvalue weighted by Crippen LogP contribution is -2.27. The van der Waals surface area contributed by atoms with Crippen LogP contribution in [0.4, 0.5) is 16.5 Å². The quantitative estimate of drug-likeness (QED) is 0.713. The smallest absolute Gasteiger partial charge is 0.291 e. The summed E-state index contributed by atoms with van der Waals surface area (Å²) in [6.07, 6.45) is 1.27. The van der Waals surface area contributed by atoms with Crippen LogP contribution in [0.2, 0.25) is 0 Å². The Balaban J connectivity index is 1.76. The molecule has 0 aliphatic carbocycles. The lowest BCUT2D eigenvalue weighted by Gasteiger charge is -2.16. The molecule has 2 aromatic rings. The van der Waals surface area contributed by atoms with Crippen molar-refractivity contribution >= 4 is 49.7 Å². The van der Waals surface area contributed by atoms with E-state index in [1.807, 2.05) is 0 Å². The zero-order valence-electron chi connectivity index (χ0n) is 15.7. The fourth-order valence-corrected chi connectivity index (χ4v) is 4.46. The number of carbonyl (C=O) groups is 2. The molecule has 3 rings (SSSR count). The maximum Gasteiger partial charge on any atom is 0.291 e. The third-order valence-corrected chi connectivity index (χ3v) is 6.61. The lowest BCUT2D eigenvalue weighted by molar-refractivity contribution is -0.123. The van der Waals surface area contributed by atoms with Crippen molar-refractivity contribution in [3.05, 3.63) is 24.3 Å². The van der Waals surface area contributed by atoms with Crippen LogP contribution in [0, 0.1) is 5.41 Å². The molecule has 28 heavy (non-hydrogen) atoms. The monoisotopic (exact) mass is 423 g/mol. The van der Waals surface area contributed by atoms with Gasteiger partial charge in [-0.25, -0.2) is 0 Å². The Bertz CT molecular complexity index is 1010. The minimum absolute atomic E-state index is 0.0170. The van der Waals surface area contributed by atoms with Gasteiger partial charge in [-0.2, -0.15) is 8.42 Å². The molecule has 2 heterocycles. The van der Waals surface area contributed by atoms with Crippen LogP contribution >= 0.6 is 11.3 Å². The van der Waals surface area contributed by atoms with Gasteiger partial charge in [0.15, 0.2) is 0 Å². The molecule has 0 bridgehead atoms. The summed E-state index contributed by atoms with van der Waals surface area (Å²) in [6.45, 7) is 5.82. The van der Waals surface area contributed by atoms with E-state index in [1.54, 1.807) is 49.9 Å². The van der Waals surface area contributed by atoms with Crippen LogP contribution in [0.5, 0.6) is 0 Å². The summed E-state index contributed by atoms with van der Waals surface area (Å²) in [5, 5.41) is 10.1. The van der Waals surface area contributed by atoms with Gasteiger partial charge in [-0.1, -0.05) is 38.2 Å². The van der Waals surface area contributed by atoms with Gasteiger partial charge in [-0.3, -0.25) is 14.3 Å².